The van der Waals surface area contributed by atoms with Gasteiger partial charge in [-0.15, -0.1) is 0 Å². The third-order valence-corrected chi connectivity index (χ3v) is 7.98. The number of piperidine rings is 1. The zero-order valence-electron chi connectivity index (χ0n) is 18.5. The summed E-state index contributed by atoms with van der Waals surface area (Å²) in [5, 5.41) is 0.616. The summed E-state index contributed by atoms with van der Waals surface area (Å²) >= 11 is 0. The Morgan fingerprint density at radius 3 is 2.62 bits per heavy atom. The van der Waals surface area contributed by atoms with Crippen molar-refractivity contribution in [1.82, 2.24) is 19.2 Å². The van der Waals surface area contributed by atoms with Crippen molar-refractivity contribution in [2.45, 2.75) is 50.6 Å². The SMILES string of the molecule is Cc1[nH]c2ccccc2c1S(=O)(=O)NC(CCn1cccc1N)C(=O)N1CCC(C)CC1. The van der Waals surface area contributed by atoms with Crippen LogP contribution in [0, 0.1) is 12.8 Å². The fourth-order valence-electron chi connectivity index (χ4n) is 4.42. The van der Waals surface area contributed by atoms with E-state index in [1.165, 1.54) is 0 Å². The second-order valence-electron chi connectivity index (χ2n) is 8.72. The minimum Gasteiger partial charge on any atom is -0.385 e. The number of benzene rings is 1. The lowest BCUT2D eigenvalue weighted by Gasteiger charge is -2.33. The first-order valence-electron chi connectivity index (χ1n) is 11.1. The number of anilines is 1. The van der Waals surface area contributed by atoms with Crippen molar-refractivity contribution < 1.29 is 13.2 Å². The first kappa shape index (κ1) is 22.4. The molecule has 1 aliphatic heterocycles. The summed E-state index contributed by atoms with van der Waals surface area (Å²) in [5.41, 5.74) is 7.27. The third-order valence-electron chi connectivity index (χ3n) is 6.32. The van der Waals surface area contributed by atoms with Crippen LogP contribution in [-0.4, -0.2) is 47.9 Å². The van der Waals surface area contributed by atoms with E-state index in [0.717, 1.165) is 18.4 Å². The molecule has 1 aromatic carbocycles. The number of aryl methyl sites for hydroxylation is 2. The van der Waals surface area contributed by atoms with E-state index in [0.29, 0.717) is 48.9 Å². The second kappa shape index (κ2) is 8.99. The standard InChI is InChI=1S/C23H31N5O3S/c1-16-9-13-28(14-10-16)23(29)20(11-15-27-12-5-8-21(27)24)26-32(30,31)22-17(2)25-19-7-4-3-6-18(19)22/h3-8,12,16,20,25-26H,9-11,13-15,24H2,1-2H3. The molecular weight excluding hydrogens is 426 g/mol. The Bertz CT molecular complexity index is 1210. The van der Waals surface area contributed by atoms with Crippen LogP contribution in [0.15, 0.2) is 47.5 Å². The quantitative estimate of drug-likeness (QED) is 0.506. The molecule has 32 heavy (non-hydrogen) atoms. The Balaban J connectivity index is 1.61. The van der Waals surface area contributed by atoms with Gasteiger partial charge in [-0.3, -0.25) is 4.79 Å². The van der Waals surface area contributed by atoms with Gasteiger partial charge in [-0.05, 0) is 50.3 Å². The van der Waals surface area contributed by atoms with Gasteiger partial charge in [0.15, 0.2) is 0 Å². The Labute approximate surface area is 188 Å². The molecule has 0 aliphatic carbocycles. The fraction of sp³-hybridized carbons (Fsp3) is 0.435. The highest BCUT2D eigenvalue weighted by Gasteiger charge is 2.32. The van der Waals surface area contributed by atoms with E-state index < -0.39 is 16.1 Å². The maximum Gasteiger partial charge on any atom is 0.243 e. The maximum atomic E-state index is 13.5. The summed E-state index contributed by atoms with van der Waals surface area (Å²) in [4.78, 5) is 18.5. The average Bonchev–Trinajstić information content (AvgIpc) is 3.33. The van der Waals surface area contributed by atoms with Crippen molar-refractivity contribution in [3.63, 3.8) is 0 Å². The molecule has 3 heterocycles. The topological polar surface area (TPSA) is 113 Å². The summed E-state index contributed by atoms with van der Waals surface area (Å²) < 4.78 is 31.5. The summed E-state index contributed by atoms with van der Waals surface area (Å²) in [6, 6.07) is 10.0. The first-order valence-corrected chi connectivity index (χ1v) is 12.5. The van der Waals surface area contributed by atoms with E-state index >= 15 is 0 Å². The number of aromatic nitrogens is 2. The largest absolute Gasteiger partial charge is 0.385 e. The molecule has 1 atom stereocenters. The highest BCUT2D eigenvalue weighted by molar-refractivity contribution is 7.89. The molecular formula is C23H31N5O3S. The van der Waals surface area contributed by atoms with Crippen molar-refractivity contribution in [1.29, 1.82) is 0 Å². The molecule has 1 fully saturated rings. The van der Waals surface area contributed by atoms with E-state index in [1.807, 2.05) is 29.0 Å². The molecule has 0 bridgehead atoms. The number of rotatable bonds is 7. The number of amides is 1. The summed E-state index contributed by atoms with van der Waals surface area (Å²) in [6.07, 6.45) is 4.00. The highest BCUT2D eigenvalue weighted by Crippen LogP contribution is 2.27. The Hall–Kier alpha value is -2.78. The molecule has 1 amide bonds. The van der Waals surface area contributed by atoms with E-state index in [2.05, 4.69) is 16.6 Å². The molecule has 0 saturated carbocycles. The van der Waals surface area contributed by atoms with E-state index in [9.17, 15) is 13.2 Å². The van der Waals surface area contributed by atoms with Gasteiger partial charge in [-0.1, -0.05) is 25.1 Å². The summed E-state index contributed by atoms with van der Waals surface area (Å²) in [7, 11) is -3.94. The van der Waals surface area contributed by atoms with Crippen LogP contribution in [0.1, 0.15) is 31.9 Å². The van der Waals surface area contributed by atoms with Crippen LogP contribution < -0.4 is 10.5 Å². The van der Waals surface area contributed by atoms with Gasteiger partial charge in [0.2, 0.25) is 15.9 Å². The minimum atomic E-state index is -3.94. The monoisotopic (exact) mass is 457 g/mol. The molecule has 8 nitrogen and oxygen atoms in total. The number of sulfonamides is 1. The molecule has 2 aromatic heterocycles. The van der Waals surface area contributed by atoms with Gasteiger partial charge in [0.05, 0.1) is 0 Å². The molecule has 1 aliphatic rings. The van der Waals surface area contributed by atoms with E-state index in [-0.39, 0.29) is 10.8 Å². The van der Waals surface area contributed by atoms with Gasteiger partial charge in [0.1, 0.15) is 16.8 Å². The second-order valence-corrected chi connectivity index (χ2v) is 10.4. The van der Waals surface area contributed by atoms with Crippen LogP contribution in [0.5, 0.6) is 0 Å². The van der Waals surface area contributed by atoms with E-state index in [1.54, 1.807) is 30.0 Å². The van der Waals surface area contributed by atoms with Gasteiger partial charge < -0.3 is 20.2 Å². The number of hydrogen-bond donors (Lipinski definition) is 3. The zero-order valence-corrected chi connectivity index (χ0v) is 19.4. The average molecular weight is 458 g/mol. The predicted molar refractivity (Wildman–Crippen MR) is 126 cm³/mol. The van der Waals surface area contributed by atoms with Crippen molar-refractivity contribution in [3.05, 3.63) is 48.3 Å². The minimum absolute atomic E-state index is 0.177. The number of para-hydroxylation sites is 1. The number of nitrogen functional groups attached to an aromatic ring is 1. The molecule has 4 N–H and O–H groups in total. The number of nitrogens with one attached hydrogen (secondary N) is 2. The molecule has 1 unspecified atom stereocenters. The Kier molecular flexibility index (Phi) is 6.30. The first-order chi connectivity index (χ1) is 15.3. The Morgan fingerprint density at radius 1 is 1.22 bits per heavy atom. The van der Waals surface area contributed by atoms with Crippen LogP contribution in [0.4, 0.5) is 5.82 Å². The van der Waals surface area contributed by atoms with Crippen molar-refractivity contribution in [2.24, 2.45) is 5.92 Å². The number of carbonyl (C=O) groups excluding carboxylic acids is 1. The lowest BCUT2D eigenvalue weighted by Crippen LogP contribution is -2.51. The number of likely N-dealkylation sites (tertiary alicyclic amines) is 1. The Morgan fingerprint density at radius 2 is 1.94 bits per heavy atom. The van der Waals surface area contributed by atoms with Crippen LogP contribution in [0.3, 0.4) is 0 Å². The summed E-state index contributed by atoms with van der Waals surface area (Å²) in [5.74, 6) is 0.977. The molecule has 3 aromatic rings. The van der Waals surface area contributed by atoms with Crippen LogP contribution in [0.2, 0.25) is 0 Å². The lowest BCUT2D eigenvalue weighted by atomic mass is 9.98. The predicted octanol–water partition coefficient (Wildman–Crippen LogP) is 2.86. The molecule has 4 rings (SSSR count). The summed E-state index contributed by atoms with van der Waals surface area (Å²) in [6.45, 7) is 5.65. The normalized spacial score (nSPS) is 16.5. The number of nitrogens with zero attached hydrogens (tertiary/aromatic N) is 2. The highest BCUT2D eigenvalue weighted by atomic mass is 32.2. The molecule has 9 heteroatoms. The van der Waals surface area contributed by atoms with Crippen molar-refractivity contribution in [2.75, 3.05) is 18.8 Å². The smallest absolute Gasteiger partial charge is 0.243 e. The number of aromatic amines is 1. The molecule has 0 radical (unpaired) electrons. The number of carbonyl (C=O) groups is 1. The van der Waals surface area contributed by atoms with Crippen LogP contribution in [-0.2, 0) is 21.4 Å². The number of nitrogens with two attached hydrogens (primary N) is 1. The van der Waals surface area contributed by atoms with Gasteiger partial charge >= 0.3 is 0 Å². The molecule has 1 saturated heterocycles. The van der Waals surface area contributed by atoms with Crippen molar-refractivity contribution >= 4 is 32.7 Å². The van der Waals surface area contributed by atoms with Crippen LogP contribution in [0.25, 0.3) is 10.9 Å². The lowest BCUT2D eigenvalue weighted by molar-refractivity contribution is -0.134. The van der Waals surface area contributed by atoms with Gasteiger partial charge in [-0.25, -0.2) is 8.42 Å². The molecule has 0 spiro atoms. The number of fused-ring (bicyclic) bond motifs is 1. The van der Waals surface area contributed by atoms with E-state index in [4.69, 9.17) is 5.73 Å². The fourth-order valence-corrected chi connectivity index (χ4v) is 6.06. The van der Waals surface area contributed by atoms with Crippen molar-refractivity contribution in [3.8, 4) is 0 Å². The molecule has 172 valence electrons. The maximum absolute atomic E-state index is 13.5. The number of hydrogen-bond acceptors (Lipinski definition) is 4. The van der Waals surface area contributed by atoms with Crippen LogP contribution >= 0.6 is 0 Å². The van der Waals surface area contributed by atoms with Gasteiger partial charge in [0, 0.05) is 42.4 Å². The third kappa shape index (κ3) is 4.54. The van der Waals surface area contributed by atoms with Gasteiger partial charge in [-0.2, -0.15) is 4.72 Å². The zero-order chi connectivity index (χ0) is 22.9. The number of H-pyrrole nitrogens is 1. The van der Waals surface area contributed by atoms with Gasteiger partial charge in [0.25, 0.3) is 0 Å².